The third kappa shape index (κ3) is 2.81. The summed E-state index contributed by atoms with van der Waals surface area (Å²) in [6.07, 6.45) is 6.72. The van der Waals surface area contributed by atoms with Crippen LogP contribution in [0.2, 0.25) is 0 Å². The van der Waals surface area contributed by atoms with Gasteiger partial charge in [-0.2, -0.15) is 5.26 Å². The van der Waals surface area contributed by atoms with Gasteiger partial charge in [-0.15, -0.1) is 10.2 Å². The highest BCUT2D eigenvalue weighted by Crippen LogP contribution is 2.26. The van der Waals surface area contributed by atoms with Gasteiger partial charge < -0.3 is 0 Å². The monoisotopic (exact) mass is 284 g/mol. The molecule has 20 heavy (non-hydrogen) atoms. The first-order chi connectivity index (χ1) is 9.86. The van der Waals surface area contributed by atoms with Crippen molar-refractivity contribution in [1.29, 1.82) is 5.26 Å². The van der Waals surface area contributed by atoms with Gasteiger partial charge in [0.05, 0.1) is 0 Å². The fourth-order valence-electron chi connectivity index (χ4n) is 2.80. The van der Waals surface area contributed by atoms with E-state index in [1.807, 2.05) is 0 Å². The first kappa shape index (κ1) is 13.1. The minimum absolute atomic E-state index is 0.533. The molecule has 0 saturated heterocycles. The standard InChI is InChI=1S/C15H16N4S/c16-10-19(15-18-17-11-20-15)9-12-5-7-13-3-1-2-4-14(13)8-6-12/h1-4,11-12H,5-9H2. The van der Waals surface area contributed by atoms with Crippen LogP contribution in [0.15, 0.2) is 29.8 Å². The fraction of sp³-hybridized carbons (Fsp3) is 0.400. The Morgan fingerprint density at radius 1 is 1.25 bits per heavy atom. The number of aromatic nitrogens is 2. The molecule has 0 fully saturated rings. The summed E-state index contributed by atoms with van der Waals surface area (Å²) in [5.74, 6) is 0.533. The molecule has 5 heteroatoms. The van der Waals surface area contributed by atoms with Crippen LogP contribution >= 0.6 is 11.3 Å². The Hall–Kier alpha value is -1.93. The quantitative estimate of drug-likeness (QED) is 0.494. The second kappa shape index (κ2) is 6.02. The summed E-state index contributed by atoms with van der Waals surface area (Å²) >= 11 is 1.42. The van der Waals surface area contributed by atoms with E-state index in [9.17, 15) is 5.26 Å². The van der Waals surface area contributed by atoms with Crippen molar-refractivity contribution in [2.24, 2.45) is 5.92 Å². The first-order valence-corrected chi connectivity index (χ1v) is 7.75. The molecule has 1 heterocycles. The van der Waals surface area contributed by atoms with E-state index in [0.717, 1.165) is 32.2 Å². The molecular weight excluding hydrogens is 268 g/mol. The molecule has 1 aromatic carbocycles. The summed E-state index contributed by atoms with van der Waals surface area (Å²) in [5, 5.41) is 17.8. The zero-order chi connectivity index (χ0) is 13.8. The molecule has 3 rings (SSSR count). The molecule has 1 aliphatic carbocycles. The number of hydrogen-bond donors (Lipinski definition) is 0. The number of rotatable bonds is 3. The number of nitriles is 1. The number of hydrogen-bond acceptors (Lipinski definition) is 5. The van der Waals surface area contributed by atoms with E-state index >= 15 is 0 Å². The van der Waals surface area contributed by atoms with E-state index in [4.69, 9.17) is 0 Å². The Bertz CT molecular complexity index is 576. The van der Waals surface area contributed by atoms with Crippen molar-refractivity contribution < 1.29 is 0 Å². The van der Waals surface area contributed by atoms with Crippen LogP contribution in [0.1, 0.15) is 24.0 Å². The van der Waals surface area contributed by atoms with Crippen molar-refractivity contribution in [3.05, 3.63) is 40.9 Å². The average molecular weight is 284 g/mol. The molecule has 4 nitrogen and oxygen atoms in total. The largest absolute Gasteiger partial charge is 0.253 e. The van der Waals surface area contributed by atoms with Gasteiger partial charge in [-0.05, 0) is 42.7 Å². The average Bonchev–Trinajstić information content (AvgIpc) is 2.94. The number of anilines is 1. The van der Waals surface area contributed by atoms with Crippen molar-refractivity contribution in [2.75, 3.05) is 11.4 Å². The Kier molecular flexibility index (Phi) is 3.93. The third-order valence-corrected chi connectivity index (χ3v) is 4.62. The molecule has 0 radical (unpaired) electrons. The van der Waals surface area contributed by atoms with Gasteiger partial charge in [0.15, 0.2) is 6.19 Å². The summed E-state index contributed by atoms with van der Waals surface area (Å²) in [4.78, 5) is 1.68. The first-order valence-electron chi connectivity index (χ1n) is 6.87. The van der Waals surface area contributed by atoms with Gasteiger partial charge in [0.25, 0.3) is 0 Å². The zero-order valence-corrected chi connectivity index (χ0v) is 12.0. The van der Waals surface area contributed by atoms with Gasteiger partial charge in [0, 0.05) is 6.54 Å². The van der Waals surface area contributed by atoms with Crippen molar-refractivity contribution in [1.82, 2.24) is 10.2 Å². The maximum atomic E-state index is 9.29. The predicted molar refractivity (Wildman–Crippen MR) is 79.4 cm³/mol. The van der Waals surface area contributed by atoms with Crippen molar-refractivity contribution in [3.8, 4) is 6.19 Å². The number of aryl methyl sites for hydroxylation is 2. The van der Waals surface area contributed by atoms with Gasteiger partial charge in [0.2, 0.25) is 5.13 Å². The molecule has 0 N–H and O–H groups in total. The van der Waals surface area contributed by atoms with Crippen LogP contribution in [0.5, 0.6) is 0 Å². The van der Waals surface area contributed by atoms with Crippen LogP contribution < -0.4 is 4.90 Å². The summed E-state index contributed by atoms with van der Waals surface area (Å²) in [6.45, 7) is 0.750. The summed E-state index contributed by atoms with van der Waals surface area (Å²) in [6, 6.07) is 8.68. The molecule has 0 aliphatic heterocycles. The second-order valence-corrected chi connectivity index (χ2v) is 5.96. The molecule has 1 aromatic heterocycles. The highest BCUT2D eigenvalue weighted by molar-refractivity contribution is 7.13. The minimum Gasteiger partial charge on any atom is -0.253 e. The molecule has 0 spiro atoms. The number of benzene rings is 1. The zero-order valence-electron chi connectivity index (χ0n) is 11.2. The van der Waals surface area contributed by atoms with E-state index < -0.39 is 0 Å². The van der Waals surface area contributed by atoms with E-state index in [0.29, 0.717) is 11.0 Å². The lowest BCUT2D eigenvalue weighted by Crippen LogP contribution is -2.25. The van der Waals surface area contributed by atoms with Crippen molar-refractivity contribution >= 4 is 16.5 Å². The van der Waals surface area contributed by atoms with Gasteiger partial charge in [0.1, 0.15) is 5.51 Å². The van der Waals surface area contributed by atoms with E-state index in [1.54, 1.807) is 10.4 Å². The van der Waals surface area contributed by atoms with Gasteiger partial charge in [-0.3, -0.25) is 4.90 Å². The molecule has 1 aliphatic rings. The molecule has 0 unspecified atom stereocenters. The Morgan fingerprint density at radius 2 is 1.95 bits per heavy atom. The van der Waals surface area contributed by atoms with Crippen LogP contribution in [0.3, 0.4) is 0 Å². The fourth-order valence-corrected chi connectivity index (χ4v) is 3.32. The highest BCUT2D eigenvalue weighted by Gasteiger charge is 2.20. The SMILES string of the molecule is N#CN(CC1CCc2ccccc2CC1)c1nncs1. The van der Waals surface area contributed by atoms with Gasteiger partial charge >= 0.3 is 0 Å². The Labute approximate surface area is 122 Å². The number of nitrogens with zero attached hydrogens (tertiary/aromatic N) is 4. The highest BCUT2D eigenvalue weighted by atomic mass is 32.1. The summed E-state index contributed by atoms with van der Waals surface area (Å²) < 4.78 is 0. The van der Waals surface area contributed by atoms with Crippen LogP contribution in [0.4, 0.5) is 5.13 Å². The molecule has 2 aromatic rings. The minimum atomic E-state index is 0.533. The normalized spacial score (nSPS) is 15.2. The summed E-state index contributed by atoms with van der Waals surface area (Å²) in [7, 11) is 0. The molecular formula is C15H16N4S. The van der Waals surface area contributed by atoms with Crippen LogP contribution in [-0.4, -0.2) is 16.7 Å². The molecule has 102 valence electrons. The van der Waals surface area contributed by atoms with E-state index in [-0.39, 0.29) is 0 Å². The number of fused-ring (bicyclic) bond motifs is 1. The van der Waals surface area contributed by atoms with Crippen LogP contribution in [0.25, 0.3) is 0 Å². The maximum absolute atomic E-state index is 9.29. The van der Waals surface area contributed by atoms with Gasteiger partial charge in [-0.1, -0.05) is 35.6 Å². The molecule has 0 atom stereocenters. The lowest BCUT2D eigenvalue weighted by atomic mass is 9.99. The van der Waals surface area contributed by atoms with E-state index in [1.165, 1.54) is 22.5 Å². The topological polar surface area (TPSA) is 52.8 Å². The van der Waals surface area contributed by atoms with Crippen LogP contribution in [0, 0.1) is 17.4 Å². The molecule has 0 amide bonds. The van der Waals surface area contributed by atoms with E-state index in [2.05, 4.69) is 40.7 Å². The Morgan fingerprint density at radius 3 is 2.50 bits per heavy atom. The molecule has 0 bridgehead atoms. The predicted octanol–water partition coefficient (Wildman–Crippen LogP) is 3.02. The van der Waals surface area contributed by atoms with Crippen LogP contribution in [-0.2, 0) is 12.8 Å². The van der Waals surface area contributed by atoms with Crippen molar-refractivity contribution in [3.63, 3.8) is 0 Å². The smallest absolute Gasteiger partial charge is 0.221 e. The maximum Gasteiger partial charge on any atom is 0.221 e. The Balaban J connectivity index is 1.67. The molecule has 0 saturated carbocycles. The van der Waals surface area contributed by atoms with Gasteiger partial charge in [-0.25, -0.2) is 0 Å². The summed E-state index contributed by atoms with van der Waals surface area (Å²) in [5.41, 5.74) is 4.60. The third-order valence-electron chi connectivity index (χ3n) is 3.90. The lowest BCUT2D eigenvalue weighted by Gasteiger charge is -2.19. The lowest BCUT2D eigenvalue weighted by molar-refractivity contribution is 0.472. The van der Waals surface area contributed by atoms with Crippen molar-refractivity contribution in [2.45, 2.75) is 25.7 Å². The second-order valence-electron chi connectivity index (χ2n) is 5.14.